The first-order valence-corrected chi connectivity index (χ1v) is 8.27. The highest BCUT2D eigenvalue weighted by Gasteiger charge is 2.54. The van der Waals surface area contributed by atoms with Gasteiger partial charge in [-0.2, -0.15) is 0 Å². The summed E-state index contributed by atoms with van der Waals surface area (Å²) in [4.78, 5) is 26.9. The van der Waals surface area contributed by atoms with Crippen molar-refractivity contribution in [2.75, 3.05) is 19.8 Å². The lowest BCUT2D eigenvalue weighted by Gasteiger charge is -2.44. The molecule has 1 saturated heterocycles. The van der Waals surface area contributed by atoms with Gasteiger partial charge in [0.15, 0.2) is 0 Å². The molecular formula is C16H26N2O3. The molecule has 0 spiro atoms. The number of carbonyl (C=O) groups is 2. The Labute approximate surface area is 126 Å². The van der Waals surface area contributed by atoms with Crippen LogP contribution in [0, 0.1) is 11.8 Å². The predicted octanol–water partition coefficient (Wildman–Crippen LogP) is 1.32. The van der Waals surface area contributed by atoms with Gasteiger partial charge >= 0.3 is 0 Å². The summed E-state index contributed by atoms with van der Waals surface area (Å²) in [5.74, 6) is 1.10. The Morgan fingerprint density at radius 2 is 2.00 bits per heavy atom. The summed E-state index contributed by atoms with van der Waals surface area (Å²) >= 11 is 0. The largest absolute Gasteiger partial charge is 0.379 e. The summed E-state index contributed by atoms with van der Waals surface area (Å²) in [6.07, 6.45) is 5.25. The SMILES string of the molecule is CCC1C(=O)NC(C)(C2CC2)C(=O)N1CCOCC1CC1. The van der Waals surface area contributed by atoms with Crippen LogP contribution in [0.1, 0.15) is 46.0 Å². The molecule has 0 aromatic carbocycles. The van der Waals surface area contributed by atoms with Gasteiger partial charge in [0.2, 0.25) is 11.8 Å². The molecule has 2 aliphatic carbocycles. The molecule has 5 heteroatoms. The maximum absolute atomic E-state index is 12.8. The molecule has 0 radical (unpaired) electrons. The summed E-state index contributed by atoms with van der Waals surface area (Å²) < 4.78 is 5.66. The van der Waals surface area contributed by atoms with Gasteiger partial charge in [-0.15, -0.1) is 0 Å². The fraction of sp³-hybridized carbons (Fsp3) is 0.875. The standard InChI is InChI=1S/C16H26N2O3/c1-3-13-14(19)17-16(2,12-6-7-12)15(20)18(13)8-9-21-10-11-4-5-11/h11-13H,3-10H2,1-2H3,(H,17,19). The highest BCUT2D eigenvalue weighted by atomic mass is 16.5. The number of hydrogen-bond acceptors (Lipinski definition) is 3. The number of amides is 2. The number of rotatable bonds is 7. The van der Waals surface area contributed by atoms with Gasteiger partial charge in [0.25, 0.3) is 0 Å². The van der Waals surface area contributed by atoms with Gasteiger partial charge in [-0.25, -0.2) is 0 Å². The first-order valence-electron chi connectivity index (χ1n) is 8.27. The quantitative estimate of drug-likeness (QED) is 0.720. The lowest BCUT2D eigenvalue weighted by atomic mass is 9.89. The van der Waals surface area contributed by atoms with Gasteiger partial charge in [0.05, 0.1) is 6.61 Å². The number of carbonyl (C=O) groups excluding carboxylic acids is 2. The maximum atomic E-state index is 12.8. The topological polar surface area (TPSA) is 58.6 Å². The summed E-state index contributed by atoms with van der Waals surface area (Å²) in [6.45, 7) is 5.70. The first-order chi connectivity index (χ1) is 10.1. The maximum Gasteiger partial charge on any atom is 0.249 e. The molecule has 5 nitrogen and oxygen atoms in total. The van der Waals surface area contributed by atoms with E-state index in [0.29, 0.717) is 25.5 Å². The molecule has 0 bridgehead atoms. The summed E-state index contributed by atoms with van der Waals surface area (Å²) in [6, 6.07) is -0.339. The van der Waals surface area contributed by atoms with E-state index in [-0.39, 0.29) is 17.9 Å². The Kier molecular flexibility index (Phi) is 3.95. The van der Waals surface area contributed by atoms with Crippen molar-refractivity contribution < 1.29 is 14.3 Å². The molecule has 2 saturated carbocycles. The van der Waals surface area contributed by atoms with Crippen molar-refractivity contribution in [2.24, 2.45) is 11.8 Å². The molecule has 0 aromatic heterocycles. The van der Waals surface area contributed by atoms with E-state index in [1.54, 1.807) is 4.90 Å². The lowest BCUT2D eigenvalue weighted by Crippen LogP contribution is -2.70. The molecule has 3 fully saturated rings. The summed E-state index contributed by atoms with van der Waals surface area (Å²) in [5.41, 5.74) is -0.695. The zero-order valence-corrected chi connectivity index (χ0v) is 13.1. The van der Waals surface area contributed by atoms with Crippen LogP contribution in [0.5, 0.6) is 0 Å². The summed E-state index contributed by atoms with van der Waals surface area (Å²) in [7, 11) is 0. The zero-order chi connectivity index (χ0) is 15.0. The Hall–Kier alpha value is -1.10. The smallest absolute Gasteiger partial charge is 0.249 e. The summed E-state index contributed by atoms with van der Waals surface area (Å²) in [5, 5.41) is 2.98. The van der Waals surface area contributed by atoms with Crippen LogP contribution in [-0.2, 0) is 14.3 Å². The van der Waals surface area contributed by atoms with Crippen LogP contribution in [0.25, 0.3) is 0 Å². The van der Waals surface area contributed by atoms with Crippen molar-refractivity contribution in [1.29, 1.82) is 0 Å². The molecule has 3 aliphatic rings. The van der Waals surface area contributed by atoms with E-state index < -0.39 is 5.54 Å². The van der Waals surface area contributed by atoms with Crippen LogP contribution >= 0.6 is 0 Å². The number of nitrogens with one attached hydrogen (secondary N) is 1. The van der Waals surface area contributed by atoms with Gasteiger partial charge in [0, 0.05) is 13.2 Å². The van der Waals surface area contributed by atoms with E-state index in [1.165, 1.54) is 12.8 Å². The van der Waals surface area contributed by atoms with Crippen LogP contribution in [0.3, 0.4) is 0 Å². The van der Waals surface area contributed by atoms with Gasteiger partial charge < -0.3 is 15.0 Å². The van der Waals surface area contributed by atoms with Crippen molar-refractivity contribution in [3.8, 4) is 0 Å². The molecule has 1 heterocycles. The normalized spacial score (nSPS) is 33.2. The van der Waals surface area contributed by atoms with Crippen molar-refractivity contribution in [3.63, 3.8) is 0 Å². The van der Waals surface area contributed by atoms with Crippen molar-refractivity contribution in [3.05, 3.63) is 0 Å². The molecule has 1 N–H and O–H groups in total. The van der Waals surface area contributed by atoms with Crippen LogP contribution in [-0.4, -0.2) is 48.1 Å². The Bertz CT molecular complexity index is 431. The van der Waals surface area contributed by atoms with E-state index in [9.17, 15) is 9.59 Å². The number of hydrogen-bond donors (Lipinski definition) is 1. The predicted molar refractivity (Wildman–Crippen MR) is 78.6 cm³/mol. The molecule has 21 heavy (non-hydrogen) atoms. The molecule has 2 atom stereocenters. The highest BCUT2D eigenvalue weighted by Crippen LogP contribution is 2.42. The minimum Gasteiger partial charge on any atom is -0.379 e. The van der Waals surface area contributed by atoms with Gasteiger partial charge in [0.1, 0.15) is 11.6 Å². The monoisotopic (exact) mass is 294 g/mol. The van der Waals surface area contributed by atoms with Crippen molar-refractivity contribution in [1.82, 2.24) is 10.2 Å². The number of piperazine rings is 1. The minimum absolute atomic E-state index is 0.00584. The second-order valence-electron chi connectivity index (χ2n) is 6.91. The minimum atomic E-state index is -0.695. The molecular weight excluding hydrogens is 268 g/mol. The average molecular weight is 294 g/mol. The third-order valence-electron chi connectivity index (χ3n) is 5.07. The fourth-order valence-electron chi connectivity index (χ4n) is 3.27. The third kappa shape index (κ3) is 2.93. The highest BCUT2D eigenvalue weighted by molar-refractivity contribution is 6.00. The van der Waals surface area contributed by atoms with E-state index in [4.69, 9.17) is 4.74 Å². The zero-order valence-electron chi connectivity index (χ0n) is 13.1. The number of nitrogens with zero attached hydrogens (tertiary/aromatic N) is 1. The lowest BCUT2D eigenvalue weighted by molar-refractivity contribution is -0.156. The molecule has 0 aromatic rings. The van der Waals surface area contributed by atoms with E-state index in [2.05, 4.69) is 5.32 Å². The second kappa shape index (κ2) is 5.59. The fourth-order valence-corrected chi connectivity index (χ4v) is 3.27. The van der Waals surface area contributed by atoms with E-state index in [0.717, 1.165) is 25.4 Å². The average Bonchev–Trinajstić information content (AvgIpc) is 3.32. The van der Waals surface area contributed by atoms with Gasteiger partial charge in [-0.05, 0) is 50.9 Å². The van der Waals surface area contributed by atoms with Gasteiger partial charge in [-0.1, -0.05) is 6.92 Å². The molecule has 2 amide bonds. The van der Waals surface area contributed by atoms with Crippen LogP contribution in [0.4, 0.5) is 0 Å². The number of ether oxygens (including phenoxy) is 1. The third-order valence-corrected chi connectivity index (χ3v) is 5.07. The van der Waals surface area contributed by atoms with Crippen molar-refractivity contribution >= 4 is 11.8 Å². The Morgan fingerprint density at radius 1 is 1.29 bits per heavy atom. The Balaban J connectivity index is 1.63. The van der Waals surface area contributed by atoms with Crippen LogP contribution in [0.15, 0.2) is 0 Å². The molecule has 3 rings (SSSR count). The molecule has 1 aliphatic heterocycles. The first kappa shape index (κ1) is 14.8. The van der Waals surface area contributed by atoms with E-state index >= 15 is 0 Å². The Morgan fingerprint density at radius 3 is 2.57 bits per heavy atom. The second-order valence-corrected chi connectivity index (χ2v) is 6.91. The van der Waals surface area contributed by atoms with Crippen LogP contribution in [0.2, 0.25) is 0 Å². The molecule has 118 valence electrons. The van der Waals surface area contributed by atoms with Crippen molar-refractivity contribution in [2.45, 2.75) is 57.5 Å². The van der Waals surface area contributed by atoms with Gasteiger partial charge in [-0.3, -0.25) is 9.59 Å². The van der Waals surface area contributed by atoms with E-state index in [1.807, 2.05) is 13.8 Å². The van der Waals surface area contributed by atoms with Crippen LogP contribution < -0.4 is 5.32 Å². The molecule has 2 unspecified atom stereocenters.